The van der Waals surface area contributed by atoms with E-state index in [1.165, 1.54) is 6.08 Å². The molecule has 0 amide bonds. The molecule has 0 heterocycles. The lowest BCUT2D eigenvalue weighted by Gasteiger charge is -2.17. The van der Waals surface area contributed by atoms with Crippen LogP contribution in [0.4, 0.5) is 0 Å². The topological polar surface area (TPSA) is 43.4 Å². The van der Waals surface area contributed by atoms with Crippen molar-refractivity contribution in [2.24, 2.45) is 0 Å². The highest BCUT2D eigenvalue weighted by molar-refractivity contribution is 5.82. The second-order valence-electron chi connectivity index (χ2n) is 4.53. The average molecular weight is 212 g/mol. The third kappa shape index (κ3) is 10.8. The van der Waals surface area contributed by atoms with Crippen LogP contribution >= 0.6 is 0 Å². The van der Waals surface area contributed by atoms with Gasteiger partial charge in [-0.25, -0.2) is 4.79 Å². The molecule has 0 unspecified atom stereocenters. The molecule has 0 N–H and O–H groups in total. The van der Waals surface area contributed by atoms with Crippen LogP contribution in [0.5, 0.6) is 0 Å². The maximum absolute atomic E-state index is 11.2. The molecule has 0 aliphatic carbocycles. The van der Waals surface area contributed by atoms with Gasteiger partial charge in [-0.15, -0.1) is 0 Å². The van der Waals surface area contributed by atoms with E-state index in [0.29, 0.717) is 6.42 Å². The molecule has 0 radical (unpaired) electrons. The van der Waals surface area contributed by atoms with Crippen molar-refractivity contribution in [3.05, 3.63) is 12.2 Å². The minimum Gasteiger partial charge on any atom is -0.457 e. The van der Waals surface area contributed by atoms with Crippen molar-refractivity contribution in [2.45, 2.75) is 52.6 Å². The molecule has 15 heavy (non-hydrogen) atoms. The summed E-state index contributed by atoms with van der Waals surface area (Å²) in [6.07, 6.45) is 5.26. The number of esters is 1. The first kappa shape index (κ1) is 13.9. The van der Waals surface area contributed by atoms with Crippen LogP contribution in [-0.4, -0.2) is 17.4 Å². The first-order valence-electron chi connectivity index (χ1n) is 5.20. The maximum atomic E-state index is 11.2. The molecular formula is C12H20O3. The van der Waals surface area contributed by atoms with E-state index >= 15 is 0 Å². The second kappa shape index (κ2) is 6.38. The van der Waals surface area contributed by atoms with Crippen LogP contribution in [0.3, 0.4) is 0 Å². The van der Waals surface area contributed by atoms with Gasteiger partial charge in [-0.05, 0) is 40.5 Å². The van der Waals surface area contributed by atoms with Crippen LogP contribution < -0.4 is 0 Å². The molecule has 0 aliphatic heterocycles. The first-order chi connectivity index (χ1) is 6.81. The number of hydrogen-bond acceptors (Lipinski definition) is 3. The maximum Gasteiger partial charge on any atom is 0.330 e. The molecule has 0 saturated heterocycles. The Morgan fingerprint density at radius 1 is 1.27 bits per heavy atom. The number of rotatable bonds is 5. The molecule has 0 fully saturated rings. The Hall–Kier alpha value is -1.12. The summed E-state index contributed by atoms with van der Waals surface area (Å²) < 4.78 is 5.07. The molecule has 0 aromatic heterocycles. The van der Waals surface area contributed by atoms with Crippen LogP contribution in [0, 0.1) is 0 Å². The molecule has 0 aromatic rings. The summed E-state index contributed by atoms with van der Waals surface area (Å²) in [5.74, 6) is -0.147. The van der Waals surface area contributed by atoms with Crippen molar-refractivity contribution in [3.8, 4) is 0 Å². The normalized spacial score (nSPS) is 11.7. The summed E-state index contributed by atoms with van der Waals surface area (Å²) in [7, 11) is 0. The Kier molecular flexibility index (Phi) is 5.90. The van der Waals surface area contributed by atoms with Gasteiger partial charge in [0.05, 0.1) is 0 Å². The van der Waals surface area contributed by atoms with Crippen molar-refractivity contribution in [2.75, 3.05) is 0 Å². The van der Waals surface area contributed by atoms with Gasteiger partial charge in [0.1, 0.15) is 11.4 Å². The van der Waals surface area contributed by atoms with Gasteiger partial charge >= 0.3 is 5.97 Å². The fourth-order valence-electron chi connectivity index (χ4n) is 0.984. The number of Topliss-reactive ketones (excluding diaryl/α,β-unsaturated/α-hetero) is 1. The minimum atomic E-state index is -0.444. The van der Waals surface area contributed by atoms with Crippen LogP contribution in [0.2, 0.25) is 0 Å². The summed E-state index contributed by atoms with van der Waals surface area (Å²) in [5, 5.41) is 0. The van der Waals surface area contributed by atoms with Crippen molar-refractivity contribution in [3.63, 3.8) is 0 Å². The van der Waals surface area contributed by atoms with Crippen LogP contribution in [0.15, 0.2) is 12.2 Å². The summed E-state index contributed by atoms with van der Waals surface area (Å²) in [4.78, 5) is 21.8. The zero-order valence-electron chi connectivity index (χ0n) is 10.0. The third-order valence-electron chi connectivity index (χ3n) is 1.56. The summed E-state index contributed by atoms with van der Waals surface area (Å²) in [6.45, 7) is 7.05. The molecule has 3 nitrogen and oxygen atoms in total. The van der Waals surface area contributed by atoms with Gasteiger partial charge in [0.25, 0.3) is 0 Å². The number of carbonyl (C=O) groups excluding carboxylic acids is 2. The number of hydrogen-bond donors (Lipinski definition) is 0. The van der Waals surface area contributed by atoms with E-state index in [2.05, 4.69) is 0 Å². The largest absolute Gasteiger partial charge is 0.457 e. The van der Waals surface area contributed by atoms with Crippen molar-refractivity contribution in [1.29, 1.82) is 0 Å². The number of unbranched alkanes of at least 4 members (excludes halogenated alkanes) is 1. The van der Waals surface area contributed by atoms with E-state index in [0.717, 1.165) is 12.8 Å². The Bertz CT molecular complexity index is 246. The standard InChI is InChI=1S/C12H20O3/c1-10(13)8-6-5-7-9-11(14)15-12(2,3)4/h7,9H,5-6,8H2,1-4H3/b9-7+. The molecule has 0 saturated carbocycles. The van der Waals surface area contributed by atoms with Crippen LogP contribution in [-0.2, 0) is 14.3 Å². The van der Waals surface area contributed by atoms with Crippen LogP contribution in [0.25, 0.3) is 0 Å². The van der Waals surface area contributed by atoms with E-state index in [4.69, 9.17) is 4.74 Å². The van der Waals surface area contributed by atoms with E-state index in [1.54, 1.807) is 13.0 Å². The molecule has 0 aromatic carbocycles. The number of ether oxygens (including phenoxy) is 1. The van der Waals surface area contributed by atoms with E-state index in [-0.39, 0.29) is 11.8 Å². The van der Waals surface area contributed by atoms with Gasteiger partial charge in [0.15, 0.2) is 0 Å². The Balaban J connectivity index is 3.69. The summed E-state index contributed by atoms with van der Waals surface area (Å²) in [5.41, 5.74) is -0.444. The van der Waals surface area contributed by atoms with E-state index in [9.17, 15) is 9.59 Å². The second-order valence-corrected chi connectivity index (χ2v) is 4.53. The highest BCUT2D eigenvalue weighted by Crippen LogP contribution is 2.07. The highest BCUT2D eigenvalue weighted by atomic mass is 16.6. The lowest BCUT2D eigenvalue weighted by atomic mass is 10.2. The van der Waals surface area contributed by atoms with Gasteiger partial charge in [-0.3, -0.25) is 0 Å². The van der Waals surface area contributed by atoms with Gasteiger partial charge in [-0.2, -0.15) is 0 Å². The van der Waals surface area contributed by atoms with E-state index < -0.39 is 5.60 Å². The number of carbonyl (C=O) groups is 2. The highest BCUT2D eigenvalue weighted by Gasteiger charge is 2.13. The lowest BCUT2D eigenvalue weighted by molar-refractivity contribution is -0.148. The van der Waals surface area contributed by atoms with Gasteiger partial charge in [-0.1, -0.05) is 6.08 Å². The fourth-order valence-corrected chi connectivity index (χ4v) is 0.984. The average Bonchev–Trinajstić information content (AvgIpc) is 1.99. The van der Waals surface area contributed by atoms with Gasteiger partial charge in [0, 0.05) is 12.5 Å². The van der Waals surface area contributed by atoms with Crippen molar-refractivity contribution in [1.82, 2.24) is 0 Å². The molecule has 0 spiro atoms. The molecule has 0 atom stereocenters. The lowest BCUT2D eigenvalue weighted by Crippen LogP contribution is -2.22. The Morgan fingerprint density at radius 2 is 1.87 bits per heavy atom. The molecule has 86 valence electrons. The molecule has 0 rings (SSSR count). The monoisotopic (exact) mass is 212 g/mol. The van der Waals surface area contributed by atoms with Crippen molar-refractivity contribution >= 4 is 11.8 Å². The summed E-state index contributed by atoms with van der Waals surface area (Å²) in [6, 6.07) is 0. The fraction of sp³-hybridized carbons (Fsp3) is 0.667. The molecular weight excluding hydrogens is 192 g/mol. The first-order valence-corrected chi connectivity index (χ1v) is 5.20. The van der Waals surface area contributed by atoms with Gasteiger partial charge in [0.2, 0.25) is 0 Å². The van der Waals surface area contributed by atoms with Crippen LogP contribution in [0.1, 0.15) is 47.0 Å². The van der Waals surface area contributed by atoms with E-state index in [1.807, 2.05) is 20.8 Å². The smallest absolute Gasteiger partial charge is 0.330 e. The Morgan fingerprint density at radius 3 is 2.33 bits per heavy atom. The predicted octanol–water partition coefficient (Wildman–Crippen LogP) is 2.64. The third-order valence-corrected chi connectivity index (χ3v) is 1.56. The van der Waals surface area contributed by atoms with Gasteiger partial charge < -0.3 is 9.53 Å². The molecule has 0 aliphatic rings. The number of allylic oxidation sites excluding steroid dienone is 1. The molecule has 3 heteroatoms. The summed E-state index contributed by atoms with van der Waals surface area (Å²) >= 11 is 0. The SMILES string of the molecule is CC(=O)CCC/C=C/C(=O)OC(C)(C)C. The van der Waals surface area contributed by atoms with Crippen molar-refractivity contribution < 1.29 is 14.3 Å². The Labute approximate surface area is 91.5 Å². The zero-order valence-corrected chi connectivity index (χ0v) is 10.0. The quantitative estimate of drug-likeness (QED) is 0.400. The predicted molar refractivity (Wildman–Crippen MR) is 59.5 cm³/mol. The molecule has 0 bridgehead atoms. The minimum absolute atomic E-state index is 0.181. The zero-order chi connectivity index (χ0) is 11.9. The number of ketones is 1.